The Kier molecular flexibility index (Phi) is 3.75. The number of nitrogen functional groups attached to an aromatic ring is 1. The molecular weight excluding hydrogens is 238 g/mol. The van der Waals surface area contributed by atoms with Crippen LogP contribution in [-0.4, -0.2) is 0 Å². The van der Waals surface area contributed by atoms with Gasteiger partial charge in [-0.25, -0.2) is 0 Å². The van der Waals surface area contributed by atoms with Gasteiger partial charge in [-0.1, -0.05) is 29.8 Å². The van der Waals surface area contributed by atoms with Crippen LogP contribution in [0.1, 0.15) is 5.56 Å². The number of thioether (sulfide) groups is 1. The van der Waals surface area contributed by atoms with Crippen molar-refractivity contribution in [2.75, 3.05) is 5.73 Å². The smallest absolute Gasteiger partial charge is 0.0410 e. The van der Waals surface area contributed by atoms with Gasteiger partial charge in [-0.15, -0.1) is 11.8 Å². The van der Waals surface area contributed by atoms with Gasteiger partial charge >= 0.3 is 0 Å². The first-order valence-electron chi connectivity index (χ1n) is 4.97. The highest BCUT2D eigenvalue weighted by atomic mass is 35.5. The third kappa shape index (κ3) is 2.94. The number of rotatable bonds is 3. The zero-order chi connectivity index (χ0) is 11.4. The summed E-state index contributed by atoms with van der Waals surface area (Å²) in [6.07, 6.45) is 0. The third-order valence-corrected chi connectivity index (χ3v) is 3.54. The van der Waals surface area contributed by atoms with Crippen LogP contribution >= 0.6 is 23.4 Å². The lowest BCUT2D eigenvalue weighted by atomic mass is 10.2. The molecule has 0 radical (unpaired) electrons. The number of nitrogens with two attached hydrogens (primary N) is 1. The number of benzene rings is 2. The van der Waals surface area contributed by atoms with Crippen molar-refractivity contribution in [3.05, 3.63) is 59.1 Å². The van der Waals surface area contributed by atoms with Crippen molar-refractivity contribution in [3.63, 3.8) is 0 Å². The van der Waals surface area contributed by atoms with E-state index in [1.165, 1.54) is 4.90 Å². The average Bonchev–Trinajstić information content (AvgIpc) is 2.32. The highest BCUT2D eigenvalue weighted by Crippen LogP contribution is 2.27. The number of hydrogen-bond acceptors (Lipinski definition) is 2. The monoisotopic (exact) mass is 249 g/mol. The van der Waals surface area contributed by atoms with Gasteiger partial charge in [-0.3, -0.25) is 0 Å². The predicted molar refractivity (Wildman–Crippen MR) is 71.9 cm³/mol. The van der Waals surface area contributed by atoms with Crippen molar-refractivity contribution >= 4 is 29.1 Å². The molecule has 0 aliphatic carbocycles. The Morgan fingerprint density at radius 2 is 1.81 bits per heavy atom. The Balaban J connectivity index is 2.08. The number of halogens is 1. The van der Waals surface area contributed by atoms with Crippen molar-refractivity contribution < 1.29 is 0 Å². The summed E-state index contributed by atoms with van der Waals surface area (Å²) in [6.45, 7) is 0. The summed E-state index contributed by atoms with van der Waals surface area (Å²) in [7, 11) is 0. The van der Waals surface area contributed by atoms with E-state index < -0.39 is 0 Å². The van der Waals surface area contributed by atoms with Crippen LogP contribution in [0, 0.1) is 0 Å². The van der Waals surface area contributed by atoms with Crippen molar-refractivity contribution in [1.29, 1.82) is 0 Å². The standard InChI is InChI=1S/C13H12ClNS/c14-11-6-7-13(15)10(8-11)9-16-12-4-2-1-3-5-12/h1-8H,9,15H2. The summed E-state index contributed by atoms with van der Waals surface area (Å²) in [5.41, 5.74) is 7.77. The topological polar surface area (TPSA) is 26.0 Å². The Morgan fingerprint density at radius 1 is 1.06 bits per heavy atom. The maximum absolute atomic E-state index is 5.93. The molecule has 2 N–H and O–H groups in total. The molecule has 0 heterocycles. The quantitative estimate of drug-likeness (QED) is 0.651. The van der Waals surface area contributed by atoms with Gasteiger partial charge in [0.15, 0.2) is 0 Å². The van der Waals surface area contributed by atoms with E-state index in [1.54, 1.807) is 11.8 Å². The van der Waals surface area contributed by atoms with Gasteiger partial charge in [0.25, 0.3) is 0 Å². The molecule has 82 valence electrons. The average molecular weight is 250 g/mol. The molecule has 2 aromatic carbocycles. The molecule has 1 nitrogen and oxygen atoms in total. The predicted octanol–water partition coefficient (Wildman–Crippen LogP) is 4.21. The van der Waals surface area contributed by atoms with E-state index in [1.807, 2.05) is 36.4 Å². The van der Waals surface area contributed by atoms with Crippen LogP contribution in [0.5, 0.6) is 0 Å². The minimum atomic E-state index is 0.734. The van der Waals surface area contributed by atoms with Crippen LogP contribution in [-0.2, 0) is 5.75 Å². The summed E-state index contributed by atoms with van der Waals surface area (Å²) >= 11 is 7.69. The molecule has 0 aromatic heterocycles. The summed E-state index contributed by atoms with van der Waals surface area (Å²) in [5.74, 6) is 0.844. The lowest BCUT2D eigenvalue weighted by molar-refractivity contribution is 1.38. The summed E-state index contributed by atoms with van der Waals surface area (Å²) in [4.78, 5) is 1.24. The summed E-state index contributed by atoms with van der Waals surface area (Å²) < 4.78 is 0. The second-order valence-corrected chi connectivity index (χ2v) is 4.93. The molecule has 0 amide bonds. The van der Waals surface area contributed by atoms with Crippen LogP contribution in [0.2, 0.25) is 5.02 Å². The lowest BCUT2D eigenvalue weighted by Gasteiger charge is -2.05. The molecule has 0 spiro atoms. The summed E-state index contributed by atoms with van der Waals surface area (Å²) in [6, 6.07) is 15.8. The molecule has 0 saturated carbocycles. The van der Waals surface area contributed by atoms with E-state index in [4.69, 9.17) is 17.3 Å². The number of hydrogen-bond donors (Lipinski definition) is 1. The van der Waals surface area contributed by atoms with E-state index in [2.05, 4.69) is 12.1 Å². The fraction of sp³-hybridized carbons (Fsp3) is 0.0769. The molecule has 0 atom stereocenters. The van der Waals surface area contributed by atoms with Gasteiger partial charge in [0, 0.05) is 21.4 Å². The first-order valence-corrected chi connectivity index (χ1v) is 6.34. The Morgan fingerprint density at radius 3 is 2.56 bits per heavy atom. The second kappa shape index (κ2) is 5.28. The molecular formula is C13H12ClNS. The van der Waals surface area contributed by atoms with Crippen molar-refractivity contribution in [2.45, 2.75) is 10.6 Å². The van der Waals surface area contributed by atoms with E-state index >= 15 is 0 Å². The van der Waals surface area contributed by atoms with E-state index in [0.717, 1.165) is 22.0 Å². The van der Waals surface area contributed by atoms with Gasteiger partial charge in [0.2, 0.25) is 0 Å². The van der Waals surface area contributed by atoms with Crippen LogP contribution in [0.4, 0.5) is 5.69 Å². The van der Waals surface area contributed by atoms with E-state index in [0.29, 0.717) is 0 Å². The van der Waals surface area contributed by atoms with Crippen molar-refractivity contribution in [3.8, 4) is 0 Å². The van der Waals surface area contributed by atoms with Gasteiger partial charge in [-0.2, -0.15) is 0 Å². The minimum absolute atomic E-state index is 0.734. The van der Waals surface area contributed by atoms with E-state index in [-0.39, 0.29) is 0 Å². The minimum Gasteiger partial charge on any atom is -0.398 e. The fourth-order valence-corrected chi connectivity index (χ4v) is 2.49. The molecule has 0 aliphatic heterocycles. The maximum Gasteiger partial charge on any atom is 0.0410 e. The molecule has 0 unspecified atom stereocenters. The lowest BCUT2D eigenvalue weighted by Crippen LogP contribution is -1.92. The van der Waals surface area contributed by atoms with Gasteiger partial charge < -0.3 is 5.73 Å². The fourth-order valence-electron chi connectivity index (χ4n) is 1.38. The molecule has 0 aliphatic rings. The zero-order valence-electron chi connectivity index (χ0n) is 8.69. The van der Waals surface area contributed by atoms with E-state index in [9.17, 15) is 0 Å². The third-order valence-electron chi connectivity index (χ3n) is 2.24. The normalized spacial score (nSPS) is 10.3. The molecule has 2 aromatic rings. The highest BCUT2D eigenvalue weighted by molar-refractivity contribution is 7.98. The molecule has 3 heteroatoms. The van der Waals surface area contributed by atoms with Crippen LogP contribution in [0.15, 0.2) is 53.4 Å². The SMILES string of the molecule is Nc1ccc(Cl)cc1CSc1ccccc1. The van der Waals surface area contributed by atoms with Gasteiger partial charge in [-0.05, 0) is 35.9 Å². The first kappa shape index (κ1) is 11.4. The Bertz CT molecular complexity index is 471. The molecule has 0 fully saturated rings. The number of anilines is 1. The molecule has 16 heavy (non-hydrogen) atoms. The van der Waals surface area contributed by atoms with Crippen molar-refractivity contribution in [2.24, 2.45) is 0 Å². The largest absolute Gasteiger partial charge is 0.398 e. The van der Waals surface area contributed by atoms with Gasteiger partial charge in [0.1, 0.15) is 0 Å². The Hall–Kier alpha value is -1.12. The zero-order valence-corrected chi connectivity index (χ0v) is 10.3. The van der Waals surface area contributed by atoms with Crippen LogP contribution in [0.3, 0.4) is 0 Å². The molecule has 0 bridgehead atoms. The van der Waals surface area contributed by atoms with Crippen molar-refractivity contribution in [1.82, 2.24) is 0 Å². The van der Waals surface area contributed by atoms with Gasteiger partial charge in [0.05, 0.1) is 0 Å². The first-order chi connectivity index (χ1) is 7.75. The maximum atomic E-state index is 5.93. The molecule has 2 rings (SSSR count). The molecule has 0 saturated heterocycles. The highest BCUT2D eigenvalue weighted by Gasteiger charge is 2.01. The second-order valence-electron chi connectivity index (χ2n) is 3.44. The van der Waals surface area contributed by atoms with Crippen LogP contribution < -0.4 is 5.73 Å². The Labute approximate surface area is 105 Å². The van der Waals surface area contributed by atoms with Crippen LogP contribution in [0.25, 0.3) is 0 Å². The summed E-state index contributed by atoms with van der Waals surface area (Å²) in [5, 5.41) is 0.734.